The molecule has 3 rings (SSSR count). The standard InChI is InChI=1S/C27H33N3O5/c1-19(2)14-25(35-27(32)30-13-12-21-6-4-5-7-22(21)16-30)26(31)29-23(15-28)18-34-17-20-8-10-24(33-3)11-9-20/h4-11,19,23,25H,12-14,16-18H2,1-3H3,(H,29,31). The highest BCUT2D eigenvalue weighted by Crippen LogP contribution is 2.20. The fraction of sp³-hybridized carbons (Fsp3) is 0.444. The summed E-state index contributed by atoms with van der Waals surface area (Å²) in [6, 6.07) is 16.6. The van der Waals surface area contributed by atoms with Crippen molar-refractivity contribution in [3.05, 3.63) is 65.2 Å². The van der Waals surface area contributed by atoms with Crippen LogP contribution < -0.4 is 10.1 Å². The monoisotopic (exact) mass is 479 g/mol. The highest BCUT2D eigenvalue weighted by molar-refractivity contribution is 5.84. The van der Waals surface area contributed by atoms with Crippen LogP contribution in [0.25, 0.3) is 0 Å². The molecule has 0 aliphatic carbocycles. The molecule has 0 fully saturated rings. The maximum absolute atomic E-state index is 12.9. The summed E-state index contributed by atoms with van der Waals surface area (Å²) in [7, 11) is 1.60. The number of fused-ring (bicyclic) bond motifs is 1. The van der Waals surface area contributed by atoms with Crippen LogP contribution in [0.1, 0.15) is 37.0 Å². The molecule has 2 amide bonds. The number of hydrogen-bond acceptors (Lipinski definition) is 6. The van der Waals surface area contributed by atoms with Crippen molar-refractivity contribution in [2.45, 2.75) is 52.0 Å². The normalized spacial score (nSPS) is 14.4. The minimum absolute atomic E-state index is 0.0134. The van der Waals surface area contributed by atoms with E-state index in [0.29, 0.717) is 26.1 Å². The summed E-state index contributed by atoms with van der Waals surface area (Å²) in [6.07, 6.45) is -0.414. The molecule has 0 spiro atoms. The van der Waals surface area contributed by atoms with Gasteiger partial charge < -0.3 is 24.4 Å². The number of methoxy groups -OCH3 is 1. The van der Waals surface area contributed by atoms with Crippen molar-refractivity contribution >= 4 is 12.0 Å². The molecular formula is C27H33N3O5. The maximum atomic E-state index is 12.9. The highest BCUT2D eigenvalue weighted by Gasteiger charge is 2.29. The molecule has 0 saturated heterocycles. The third kappa shape index (κ3) is 7.72. The largest absolute Gasteiger partial charge is 0.497 e. The molecule has 186 valence electrons. The lowest BCUT2D eigenvalue weighted by atomic mass is 10.0. The Hall–Kier alpha value is -3.57. The van der Waals surface area contributed by atoms with Gasteiger partial charge in [-0.3, -0.25) is 4.79 Å². The van der Waals surface area contributed by atoms with E-state index < -0.39 is 24.1 Å². The molecule has 8 heteroatoms. The van der Waals surface area contributed by atoms with Gasteiger partial charge in [-0.05, 0) is 47.6 Å². The molecule has 1 aliphatic rings. The van der Waals surface area contributed by atoms with Gasteiger partial charge in [0.15, 0.2) is 6.10 Å². The van der Waals surface area contributed by atoms with Gasteiger partial charge in [0.05, 0.1) is 26.4 Å². The van der Waals surface area contributed by atoms with E-state index in [1.165, 1.54) is 5.56 Å². The van der Waals surface area contributed by atoms with E-state index in [0.717, 1.165) is 23.3 Å². The lowest BCUT2D eigenvalue weighted by Gasteiger charge is -2.30. The lowest BCUT2D eigenvalue weighted by molar-refractivity contribution is -0.131. The van der Waals surface area contributed by atoms with Crippen molar-refractivity contribution in [2.24, 2.45) is 5.92 Å². The van der Waals surface area contributed by atoms with Crippen molar-refractivity contribution < 1.29 is 23.8 Å². The van der Waals surface area contributed by atoms with Crippen molar-refractivity contribution in [1.82, 2.24) is 10.2 Å². The van der Waals surface area contributed by atoms with Crippen LogP contribution in [0.5, 0.6) is 5.75 Å². The van der Waals surface area contributed by atoms with Crippen LogP contribution in [-0.4, -0.2) is 49.3 Å². The summed E-state index contributed by atoms with van der Waals surface area (Å²) in [5, 5.41) is 12.2. The average molecular weight is 480 g/mol. The molecule has 35 heavy (non-hydrogen) atoms. The molecule has 1 aliphatic heterocycles. The second-order valence-electron chi connectivity index (χ2n) is 9.00. The Morgan fingerprint density at radius 3 is 2.49 bits per heavy atom. The summed E-state index contributed by atoms with van der Waals surface area (Å²) in [6.45, 7) is 5.19. The molecule has 1 heterocycles. The van der Waals surface area contributed by atoms with E-state index in [-0.39, 0.29) is 12.5 Å². The summed E-state index contributed by atoms with van der Waals surface area (Å²) in [5.74, 6) is 0.368. The highest BCUT2D eigenvalue weighted by atomic mass is 16.6. The summed E-state index contributed by atoms with van der Waals surface area (Å²) in [4.78, 5) is 27.4. The fourth-order valence-electron chi connectivity index (χ4n) is 3.88. The van der Waals surface area contributed by atoms with Crippen molar-refractivity contribution in [2.75, 3.05) is 20.3 Å². The van der Waals surface area contributed by atoms with Crippen molar-refractivity contribution in [3.63, 3.8) is 0 Å². The Bertz CT molecular complexity index is 1030. The third-order valence-corrected chi connectivity index (χ3v) is 5.79. The number of benzene rings is 2. The fourth-order valence-corrected chi connectivity index (χ4v) is 3.88. The Balaban J connectivity index is 1.53. The lowest BCUT2D eigenvalue weighted by Crippen LogP contribution is -2.47. The number of nitriles is 1. The van der Waals surface area contributed by atoms with Crippen LogP contribution in [-0.2, 0) is 33.8 Å². The third-order valence-electron chi connectivity index (χ3n) is 5.79. The molecule has 2 aromatic rings. The molecular weight excluding hydrogens is 446 g/mol. The Labute approximate surface area is 206 Å². The number of amides is 2. The van der Waals surface area contributed by atoms with E-state index in [4.69, 9.17) is 14.2 Å². The van der Waals surface area contributed by atoms with Crippen LogP contribution in [0.4, 0.5) is 4.79 Å². The SMILES string of the molecule is COc1ccc(COCC(C#N)NC(=O)C(CC(C)C)OC(=O)N2CCc3ccccc3C2)cc1. The summed E-state index contributed by atoms with van der Waals surface area (Å²) < 4.78 is 16.4. The quantitative estimate of drug-likeness (QED) is 0.556. The van der Waals surface area contributed by atoms with Gasteiger partial charge in [0.25, 0.3) is 5.91 Å². The number of carbonyl (C=O) groups is 2. The van der Waals surface area contributed by atoms with Crippen LogP contribution in [0, 0.1) is 17.2 Å². The maximum Gasteiger partial charge on any atom is 0.410 e. The predicted octanol–water partition coefficient (Wildman–Crippen LogP) is 3.83. The van der Waals surface area contributed by atoms with E-state index in [1.54, 1.807) is 12.0 Å². The predicted molar refractivity (Wildman–Crippen MR) is 130 cm³/mol. The Kier molecular flexibility index (Phi) is 9.50. The topological polar surface area (TPSA) is 101 Å². The van der Waals surface area contributed by atoms with E-state index in [2.05, 4.69) is 11.4 Å². The van der Waals surface area contributed by atoms with Gasteiger partial charge in [-0.2, -0.15) is 5.26 Å². The van der Waals surface area contributed by atoms with Gasteiger partial charge in [-0.1, -0.05) is 50.2 Å². The molecule has 0 bridgehead atoms. The number of nitrogens with zero attached hydrogens (tertiary/aromatic N) is 2. The van der Waals surface area contributed by atoms with E-state index in [1.807, 2.05) is 62.4 Å². The van der Waals surface area contributed by atoms with Crippen molar-refractivity contribution in [3.8, 4) is 11.8 Å². The number of carbonyl (C=O) groups excluding carboxylic acids is 2. The van der Waals surface area contributed by atoms with E-state index in [9.17, 15) is 14.9 Å². The Morgan fingerprint density at radius 1 is 1.11 bits per heavy atom. The molecule has 2 aromatic carbocycles. The van der Waals surface area contributed by atoms with Gasteiger partial charge >= 0.3 is 6.09 Å². The molecule has 8 nitrogen and oxygen atoms in total. The van der Waals surface area contributed by atoms with Crippen LogP contribution in [0.2, 0.25) is 0 Å². The average Bonchev–Trinajstić information content (AvgIpc) is 2.87. The zero-order chi connectivity index (χ0) is 25.2. The second kappa shape index (κ2) is 12.8. The minimum Gasteiger partial charge on any atom is -0.497 e. The first-order valence-electron chi connectivity index (χ1n) is 11.8. The summed E-state index contributed by atoms with van der Waals surface area (Å²) >= 11 is 0. The van der Waals surface area contributed by atoms with Gasteiger partial charge in [0, 0.05) is 13.1 Å². The number of rotatable bonds is 10. The smallest absolute Gasteiger partial charge is 0.410 e. The second-order valence-corrected chi connectivity index (χ2v) is 9.00. The Morgan fingerprint density at radius 2 is 1.83 bits per heavy atom. The first-order chi connectivity index (χ1) is 16.9. The van der Waals surface area contributed by atoms with Crippen molar-refractivity contribution in [1.29, 1.82) is 5.26 Å². The van der Waals surface area contributed by atoms with Gasteiger partial charge in [0.1, 0.15) is 11.8 Å². The summed E-state index contributed by atoms with van der Waals surface area (Å²) in [5.41, 5.74) is 3.22. The molecule has 0 aromatic heterocycles. The molecule has 2 atom stereocenters. The number of hydrogen-bond donors (Lipinski definition) is 1. The van der Waals surface area contributed by atoms with Crippen LogP contribution in [0.15, 0.2) is 48.5 Å². The minimum atomic E-state index is -0.989. The molecule has 0 radical (unpaired) electrons. The van der Waals surface area contributed by atoms with Crippen LogP contribution >= 0.6 is 0 Å². The van der Waals surface area contributed by atoms with Gasteiger partial charge in [-0.25, -0.2) is 4.79 Å². The zero-order valence-corrected chi connectivity index (χ0v) is 20.5. The first kappa shape index (κ1) is 26.0. The molecule has 1 N–H and O–H groups in total. The zero-order valence-electron chi connectivity index (χ0n) is 20.5. The molecule has 2 unspecified atom stereocenters. The molecule has 0 saturated carbocycles. The van der Waals surface area contributed by atoms with Gasteiger partial charge in [-0.15, -0.1) is 0 Å². The van der Waals surface area contributed by atoms with E-state index >= 15 is 0 Å². The first-order valence-corrected chi connectivity index (χ1v) is 11.8. The number of ether oxygens (including phenoxy) is 3. The van der Waals surface area contributed by atoms with Gasteiger partial charge in [0.2, 0.25) is 0 Å². The van der Waals surface area contributed by atoms with Crippen LogP contribution in [0.3, 0.4) is 0 Å². The number of nitrogens with one attached hydrogen (secondary N) is 1.